The molecule has 1 fully saturated rings. The Hall–Kier alpha value is -1.95. The second-order valence-corrected chi connectivity index (χ2v) is 10.4. The first-order valence-electron chi connectivity index (χ1n) is 8.68. The number of sulfone groups is 1. The standard InChI is InChI=1S/C17H22N2O7S2/c1-25-16-3-2-14(28(23,24)19-5-7-26-8-6-19)11-15(16)18-17(20)10-13-4-9-27(21,22)12-13/h2-4,9,11,13H,5-8,10,12H2,1H3,(H,18,20). The van der Waals surface area contributed by atoms with E-state index in [0.717, 1.165) is 5.41 Å². The summed E-state index contributed by atoms with van der Waals surface area (Å²) in [6.07, 6.45) is 1.46. The number of morpholine rings is 1. The Labute approximate surface area is 164 Å². The van der Waals surface area contributed by atoms with Crippen molar-refractivity contribution < 1.29 is 31.1 Å². The molecule has 1 saturated heterocycles. The third-order valence-corrected chi connectivity index (χ3v) is 7.86. The largest absolute Gasteiger partial charge is 0.495 e. The zero-order chi connectivity index (χ0) is 20.4. The van der Waals surface area contributed by atoms with Crippen LogP contribution in [0.1, 0.15) is 6.42 Å². The van der Waals surface area contributed by atoms with Gasteiger partial charge in [-0.05, 0) is 18.2 Å². The van der Waals surface area contributed by atoms with E-state index in [0.29, 0.717) is 19.0 Å². The zero-order valence-electron chi connectivity index (χ0n) is 15.3. The van der Waals surface area contributed by atoms with Gasteiger partial charge in [-0.3, -0.25) is 4.79 Å². The molecule has 11 heteroatoms. The number of rotatable bonds is 6. The maximum absolute atomic E-state index is 12.8. The number of nitrogens with zero attached hydrogens (tertiary/aromatic N) is 1. The fraction of sp³-hybridized carbons (Fsp3) is 0.471. The summed E-state index contributed by atoms with van der Waals surface area (Å²) in [5, 5.41) is 3.74. The molecule has 0 saturated carbocycles. The average Bonchev–Trinajstić information content (AvgIpc) is 3.00. The fourth-order valence-corrected chi connectivity index (χ4v) is 5.92. The molecule has 0 bridgehead atoms. The molecule has 3 rings (SSSR count). The molecule has 28 heavy (non-hydrogen) atoms. The summed E-state index contributed by atoms with van der Waals surface area (Å²) >= 11 is 0. The molecule has 0 aliphatic carbocycles. The van der Waals surface area contributed by atoms with Gasteiger partial charge in [-0.15, -0.1) is 0 Å². The van der Waals surface area contributed by atoms with Gasteiger partial charge in [0.25, 0.3) is 0 Å². The van der Waals surface area contributed by atoms with Gasteiger partial charge in [-0.1, -0.05) is 6.08 Å². The molecule has 0 radical (unpaired) electrons. The molecule has 1 amide bonds. The van der Waals surface area contributed by atoms with Crippen molar-refractivity contribution in [3.63, 3.8) is 0 Å². The second kappa shape index (κ2) is 8.19. The highest BCUT2D eigenvalue weighted by atomic mass is 32.2. The van der Waals surface area contributed by atoms with Crippen molar-refractivity contribution in [1.29, 1.82) is 0 Å². The van der Waals surface area contributed by atoms with Gasteiger partial charge < -0.3 is 14.8 Å². The van der Waals surface area contributed by atoms with E-state index in [2.05, 4.69) is 5.32 Å². The lowest BCUT2D eigenvalue weighted by molar-refractivity contribution is -0.116. The first-order chi connectivity index (χ1) is 13.2. The molecule has 0 spiro atoms. The number of allylic oxidation sites excluding steroid dienone is 1. The molecule has 2 aliphatic heterocycles. The van der Waals surface area contributed by atoms with Crippen LogP contribution in [-0.2, 0) is 29.4 Å². The van der Waals surface area contributed by atoms with E-state index in [1.807, 2.05) is 0 Å². The van der Waals surface area contributed by atoms with Gasteiger partial charge in [0.05, 0.1) is 36.7 Å². The van der Waals surface area contributed by atoms with Gasteiger partial charge >= 0.3 is 0 Å². The maximum atomic E-state index is 12.8. The Bertz CT molecular complexity index is 981. The minimum Gasteiger partial charge on any atom is -0.495 e. The molecule has 0 aromatic heterocycles. The van der Waals surface area contributed by atoms with Crippen LogP contribution in [0.25, 0.3) is 0 Å². The molecule has 1 atom stereocenters. The van der Waals surface area contributed by atoms with E-state index in [4.69, 9.17) is 9.47 Å². The second-order valence-electron chi connectivity index (χ2n) is 6.55. The number of hydrogen-bond donors (Lipinski definition) is 1. The molecule has 154 valence electrons. The number of hydrogen-bond acceptors (Lipinski definition) is 7. The van der Waals surface area contributed by atoms with Crippen LogP contribution in [-0.4, -0.2) is 66.2 Å². The highest BCUT2D eigenvalue weighted by molar-refractivity contribution is 7.94. The van der Waals surface area contributed by atoms with E-state index < -0.39 is 31.7 Å². The van der Waals surface area contributed by atoms with Crippen molar-refractivity contribution in [3.05, 3.63) is 29.7 Å². The lowest BCUT2D eigenvalue weighted by atomic mass is 10.1. The smallest absolute Gasteiger partial charge is 0.243 e. The van der Waals surface area contributed by atoms with Crippen LogP contribution in [0, 0.1) is 5.92 Å². The minimum absolute atomic E-state index is 0.0284. The van der Waals surface area contributed by atoms with Crippen LogP contribution in [0.5, 0.6) is 5.75 Å². The summed E-state index contributed by atoms with van der Waals surface area (Å²) < 4.78 is 60.3. The van der Waals surface area contributed by atoms with Crippen LogP contribution in [0.2, 0.25) is 0 Å². The molecule has 2 heterocycles. The lowest BCUT2D eigenvalue weighted by Crippen LogP contribution is -2.40. The number of ether oxygens (including phenoxy) is 2. The van der Waals surface area contributed by atoms with Crippen molar-refractivity contribution in [2.75, 3.05) is 44.5 Å². The molecule has 1 aromatic rings. The third-order valence-electron chi connectivity index (χ3n) is 4.50. The molecular formula is C17H22N2O7S2. The normalized spacial score (nSPS) is 22.1. The van der Waals surface area contributed by atoms with Crippen molar-refractivity contribution in [2.45, 2.75) is 11.3 Å². The lowest BCUT2D eigenvalue weighted by Gasteiger charge is -2.26. The Morgan fingerprint density at radius 3 is 2.64 bits per heavy atom. The van der Waals surface area contributed by atoms with E-state index in [-0.39, 0.29) is 35.8 Å². The zero-order valence-corrected chi connectivity index (χ0v) is 17.0. The SMILES string of the molecule is COc1ccc(S(=O)(=O)N2CCOCC2)cc1NC(=O)CC1C=CS(=O)(=O)C1. The van der Waals surface area contributed by atoms with Crippen molar-refractivity contribution in [1.82, 2.24) is 4.31 Å². The van der Waals surface area contributed by atoms with E-state index in [9.17, 15) is 21.6 Å². The molecule has 2 aliphatic rings. The summed E-state index contributed by atoms with van der Waals surface area (Å²) in [6.45, 7) is 1.19. The monoisotopic (exact) mass is 430 g/mol. The van der Waals surface area contributed by atoms with Crippen LogP contribution in [0.3, 0.4) is 0 Å². The number of methoxy groups -OCH3 is 1. The Morgan fingerprint density at radius 2 is 2.04 bits per heavy atom. The first-order valence-corrected chi connectivity index (χ1v) is 11.8. The number of nitrogens with one attached hydrogen (secondary N) is 1. The summed E-state index contributed by atoms with van der Waals surface area (Å²) in [4.78, 5) is 12.4. The number of amides is 1. The highest BCUT2D eigenvalue weighted by Crippen LogP contribution is 2.30. The van der Waals surface area contributed by atoms with Gasteiger partial charge in [-0.25, -0.2) is 16.8 Å². The Kier molecular flexibility index (Phi) is 6.08. The summed E-state index contributed by atoms with van der Waals surface area (Å²) in [5.74, 6) is -0.630. The minimum atomic E-state index is -3.73. The van der Waals surface area contributed by atoms with Crippen LogP contribution < -0.4 is 10.1 Å². The van der Waals surface area contributed by atoms with Crippen molar-refractivity contribution >= 4 is 31.5 Å². The van der Waals surface area contributed by atoms with Gasteiger partial charge in [0.2, 0.25) is 15.9 Å². The van der Waals surface area contributed by atoms with Crippen molar-refractivity contribution in [2.24, 2.45) is 5.92 Å². The predicted octanol–water partition coefficient (Wildman–Crippen LogP) is 0.603. The van der Waals surface area contributed by atoms with Gasteiger partial charge in [0, 0.05) is 30.8 Å². The van der Waals surface area contributed by atoms with Crippen LogP contribution in [0.4, 0.5) is 5.69 Å². The number of sulfonamides is 1. The molecule has 1 N–H and O–H groups in total. The van der Waals surface area contributed by atoms with Gasteiger partial charge in [0.15, 0.2) is 9.84 Å². The van der Waals surface area contributed by atoms with E-state index >= 15 is 0 Å². The highest BCUT2D eigenvalue weighted by Gasteiger charge is 2.28. The average molecular weight is 431 g/mol. The van der Waals surface area contributed by atoms with Crippen LogP contribution in [0.15, 0.2) is 34.6 Å². The van der Waals surface area contributed by atoms with E-state index in [1.54, 1.807) is 0 Å². The third kappa shape index (κ3) is 4.72. The number of carbonyl (C=O) groups is 1. The quantitative estimate of drug-likeness (QED) is 0.702. The number of benzene rings is 1. The fourth-order valence-electron chi connectivity index (χ4n) is 3.09. The van der Waals surface area contributed by atoms with E-state index in [1.165, 1.54) is 35.7 Å². The number of anilines is 1. The molecule has 9 nitrogen and oxygen atoms in total. The summed E-state index contributed by atoms with van der Waals surface area (Å²) in [6, 6.07) is 4.25. The Balaban J connectivity index is 1.77. The summed E-state index contributed by atoms with van der Waals surface area (Å²) in [7, 11) is -5.56. The molecule has 1 aromatic carbocycles. The molecular weight excluding hydrogens is 408 g/mol. The van der Waals surface area contributed by atoms with Gasteiger partial charge in [-0.2, -0.15) is 4.31 Å². The topological polar surface area (TPSA) is 119 Å². The van der Waals surface area contributed by atoms with Gasteiger partial charge in [0.1, 0.15) is 5.75 Å². The maximum Gasteiger partial charge on any atom is 0.243 e. The van der Waals surface area contributed by atoms with Crippen molar-refractivity contribution in [3.8, 4) is 5.75 Å². The Morgan fingerprint density at radius 1 is 1.32 bits per heavy atom. The first kappa shape index (κ1) is 20.8. The predicted molar refractivity (Wildman–Crippen MR) is 102 cm³/mol. The number of carbonyl (C=O) groups excluding carboxylic acids is 1. The summed E-state index contributed by atoms with van der Waals surface area (Å²) in [5.41, 5.74) is 0.215. The molecule has 1 unspecified atom stereocenters. The van der Waals surface area contributed by atoms with Crippen LogP contribution >= 0.6 is 0 Å².